The number of ketones is 1. The van der Waals surface area contributed by atoms with Crippen LogP contribution in [0.15, 0.2) is 34.8 Å². The van der Waals surface area contributed by atoms with E-state index in [1.807, 2.05) is 0 Å². The zero-order valence-electron chi connectivity index (χ0n) is 9.18. The normalized spacial score (nSPS) is 10.6. The summed E-state index contributed by atoms with van der Waals surface area (Å²) in [5, 5.41) is 0. The average Bonchev–Trinajstić information content (AvgIpc) is 2.36. The summed E-state index contributed by atoms with van der Waals surface area (Å²) in [5.41, 5.74) is -1.31. The van der Waals surface area contributed by atoms with Gasteiger partial charge in [-0.15, -0.1) is 0 Å². The molecular weight excluding hydrogens is 328 g/mol. The van der Waals surface area contributed by atoms with E-state index in [-0.39, 0.29) is 4.47 Å². The Morgan fingerprint density at radius 1 is 0.895 bits per heavy atom. The van der Waals surface area contributed by atoms with Crippen molar-refractivity contribution in [1.82, 2.24) is 0 Å². The second-order valence-electron chi connectivity index (χ2n) is 3.68. The molecule has 0 aliphatic heterocycles. The predicted molar refractivity (Wildman–Crippen MR) is 63.8 cm³/mol. The van der Waals surface area contributed by atoms with Crippen LogP contribution in [0.5, 0.6) is 0 Å². The molecule has 2 aromatic rings. The number of hydrogen-bond acceptors (Lipinski definition) is 1. The molecule has 2 rings (SSSR count). The molecule has 0 unspecified atom stereocenters. The van der Waals surface area contributed by atoms with Crippen LogP contribution >= 0.6 is 15.9 Å². The Labute approximate surface area is 114 Å². The number of halogens is 5. The highest BCUT2D eigenvalue weighted by molar-refractivity contribution is 9.10. The molecule has 0 fully saturated rings. The van der Waals surface area contributed by atoms with Crippen molar-refractivity contribution in [2.45, 2.75) is 0 Å². The number of benzene rings is 2. The lowest BCUT2D eigenvalue weighted by atomic mass is 10.0. The van der Waals surface area contributed by atoms with E-state index in [2.05, 4.69) is 15.9 Å². The lowest BCUT2D eigenvalue weighted by molar-refractivity contribution is 0.103. The van der Waals surface area contributed by atoms with Gasteiger partial charge in [0, 0.05) is 0 Å². The average molecular weight is 333 g/mol. The molecule has 0 amide bonds. The maximum atomic E-state index is 13.6. The van der Waals surface area contributed by atoms with Gasteiger partial charge in [0.2, 0.25) is 0 Å². The zero-order chi connectivity index (χ0) is 14.2. The Morgan fingerprint density at radius 3 is 2.26 bits per heavy atom. The predicted octanol–water partition coefficient (Wildman–Crippen LogP) is 4.24. The first-order valence-corrected chi connectivity index (χ1v) is 5.84. The van der Waals surface area contributed by atoms with Crippen molar-refractivity contribution in [3.05, 3.63) is 69.2 Å². The molecule has 0 saturated heterocycles. The van der Waals surface area contributed by atoms with Crippen LogP contribution in [0.1, 0.15) is 15.9 Å². The van der Waals surface area contributed by atoms with E-state index in [1.165, 1.54) is 0 Å². The monoisotopic (exact) mass is 332 g/mol. The molecule has 0 aliphatic rings. The minimum absolute atomic E-state index is 0.165. The van der Waals surface area contributed by atoms with Crippen molar-refractivity contribution in [2.24, 2.45) is 0 Å². The molecule has 0 atom stereocenters. The highest BCUT2D eigenvalue weighted by Crippen LogP contribution is 2.23. The van der Waals surface area contributed by atoms with Crippen LogP contribution in [0.3, 0.4) is 0 Å². The molecule has 0 aromatic heterocycles. The fraction of sp³-hybridized carbons (Fsp3) is 0. The second kappa shape index (κ2) is 5.13. The topological polar surface area (TPSA) is 17.1 Å². The van der Waals surface area contributed by atoms with E-state index in [1.54, 1.807) is 0 Å². The lowest BCUT2D eigenvalue weighted by Crippen LogP contribution is -2.08. The SMILES string of the molecule is O=C(c1cc(F)c(Br)cc1F)c1cccc(F)c1F. The van der Waals surface area contributed by atoms with E-state index >= 15 is 0 Å². The molecule has 0 saturated carbocycles. The van der Waals surface area contributed by atoms with Crippen molar-refractivity contribution in [1.29, 1.82) is 0 Å². The van der Waals surface area contributed by atoms with Gasteiger partial charge in [0.15, 0.2) is 17.4 Å². The summed E-state index contributed by atoms with van der Waals surface area (Å²) in [6, 6.07) is 4.31. The minimum atomic E-state index is -1.39. The molecule has 0 heterocycles. The molecule has 0 aliphatic carbocycles. The van der Waals surface area contributed by atoms with Gasteiger partial charge in [-0.3, -0.25) is 4.79 Å². The van der Waals surface area contributed by atoms with E-state index < -0.39 is 40.2 Å². The molecule has 1 nitrogen and oxygen atoms in total. The van der Waals surface area contributed by atoms with Gasteiger partial charge in [-0.2, -0.15) is 0 Å². The third kappa shape index (κ3) is 2.53. The van der Waals surface area contributed by atoms with E-state index in [0.29, 0.717) is 6.07 Å². The number of carbonyl (C=O) groups is 1. The largest absolute Gasteiger partial charge is 0.288 e. The number of hydrogen-bond donors (Lipinski definition) is 0. The standard InChI is InChI=1S/C13H5BrF4O/c14-8-5-10(16)7(4-11(8)17)13(19)6-2-1-3-9(15)12(6)18/h1-5H. The Bertz CT molecular complexity index is 670. The van der Waals surface area contributed by atoms with Gasteiger partial charge in [-0.25, -0.2) is 17.6 Å². The van der Waals surface area contributed by atoms with Gasteiger partial charge in [0.05, 0.1) is 15.6 Å². The molecule has 6 heteroatoms. The summed E-state index contributed by atoms with van der Waals surface area (Å²) in [6.45, 7) is 0. The van der Waals surface area contributed by atoms with Crippen LogP contribution in [0.25, 0.3) is 0 Å². The zero-order valence-corrected chi connectivity index (χ0v) is 10.8. The van der Waals surface area contributed by atoms with Crippen LogP contribution in [0.2, 0.25) is 0 Å². The second-order valence-corrected chi connectivity index (χ2v) is 4.53. The summed E-state index contributed by atoms with van der Waals surface area (Å²) in [6.07, 6.45) is 0. The van der Waals surface area contributed by atoms with Gasteiger partial charge < -0.3 is 0 Å². The van der Waals surface area contributed by atoms with Crippen molar-refractivity contribution < 1.29 is 22.4 Å². The Balaban J connectivity index is 2.56. The van der Waals surface area contributed by atoms with Crippen molar-refractivity contribution in [3.63, 3.8) is 0 Å². The van der Waals surface area contributed by atoms with Crippen LogP contribution in [-0.2, 0) is 0 Å². The van der Waals surface area contributed by atoms with Crippen LogP contribution in [-0.4, -0.2) is 5.78 Å². The summed E-state index contributed by atoms with van der Waals surface area (Å²) in [5.74, 6) is -5.65. The summed E-state index contributed by atoms with van der Waals surface area (Å²) in [7, 11) is 0. The molecule has 0 spiro atoms. The summed E-state index contributed by atoms with van der Waals surface area (Å²) >= 11 is 2.75. The van der Waals surface area contributed by atoms with E-state index in [9.17, 15) is 22.4 Å². The molecule has 0 N–H and O–H groups in total. The summed E-state index contributed by atoms with van der Waals surface area (Å²) < 4.78 is 53.1. The fourth-order valence-corrected chi connectivity index (χ4v) is 1.84. The minimum Gasteiger partial charge on any atom is -0.288 e. The van der Waals surface area contributed by atoms with Crippen LogP contribution < -0.4 is 0 Å². The molecular formula is C13H5BrF4O. The first-order chi connectivity index (χ1) is 8.91. The molecule has 19 heavy (non-hydrogen) atoms. The lowest BCUT2D eigenvalue weighted by Gasteiger charge is -2.06. The van der Waals surface area contributed by atoms with Gasteiger partial charge in [0.1, 0.15) is 11.6 Å². The Kier molecular flexibility index (Phi) is 3.71. The quantitative estimate of drug-likeness (QED) is 0.457. The molecule has 2 aromatic carbocycles. The maximum absolute atomic E-state index is 13.6. The third-order valence-electron chi connectivity index (χ3n) is 2.45. The fourth-order valence-electron chi connectivity index (χ4n) is 1.52. The van der Waals surface area contributed by atoms with Crippen molar-refractivity contribution in [3.8, 4) is 0 Å². The van der Waals surface area contributed by atoms with Gasteiger partial charge in [-0.1, -0.05) is 6.07 Å². The van der Waals surface area contributed by atoms with Gasteiger partial charge >= 0.3 is 0 Å². The van der Waals surface area contributed by atoms with Crippen LogP contribution in [0.4, 0.5) is 17.6 Å². The molecule has 0 radical (unpaired) electrons. The Hall–Kier alpha value is -1.69. The Morgan fingerprint density at radius 2 is 1.58 bits per heavy atom. The first-order valence-electron chi connectivity index (χ1n) is 5.05. The van der Waals surface area contributed by atoms with E-state index in [0.717, 1.165) is 24.3 Å². The summed E-state index contributed by atoms with van der Waals surface area (Å²) in [4.78, 5) is 11.9. The highest BCUT2D eigenvalue weighted by atomic mass is 79.9. The van der Waals surface area contributed by atoms with Gasteiger partial charge in [-0.05, 0) is 40.2 Å². The smallest absolute Gasteiger partial charge is 0.199 e. The van der Waals surface area contributed by atoms with Crippen molar-refractivity contribution >= 4 is 21.7 Å². The van der Waals surface area contributed by atoms with Crippen LogP contribution in [0, 0.1) is 23.3 Å². The molecule has 0 bridgehead atoms. The highest BCUT2D eigenvalue weighted by Gasteiger charge is 2.21. The molecule has 98 valence electrons. The van der Waals surface area contributed by atoms with E-state index in [4.69, 9.17) is 0 Å². The maximum Gasteiger partial charge on any atom is 0.199 e. The van der Waals surface area contributed by atoms with Gasteiger partial charge in [0.25, 0.3) is 0 Å². The van der Waals surface area contributed by atoms with Crippen molar-refractivity contribution in [2.75, 3.05) is 0 Å². The third-order valence-corrected chi connectivity index (χ3v) is 3.06. The number of rotatable bonds is 2. The first kappa shape index (κ1) is 13.7. The number of carbonyl (C=O) groups excluding carboxylic acids is 1.